The van der Waals surface area contributed by atoms with Crippen LogP contribution in [0.4, 0.5) is 4.79 Å². The van der Waals surface area contributed by atoms with Crippen molar-refractivity contribution in [2.75, 3.05) is 7.05 Å². The van der Waals surface area contributed by atoms with Gasteiger partial charge in [0.2, 0.25) is 11.5 Å². The summed E-state index contributed by atoms with van der Waals surface area (Å²) in [4.78, 5) is 11.1. The topological polar surface area (TPSA) is 56.8 Å². The van der Waals surface area contributed by atoms with Crippen molar-refractivity contribution in [2.24, 2.45) is 0 Å². The fourth-order valence-electron chi connectivity index (χ4n) is 1.44. The summed E-state index contributed by atoms with van der Waals surface area (Å²) in [5, 5.41) is 2.37. The summed E-state index contributed by atoms with van der Waals surface area (Å²) in [6.45, 7) is 3.58. The highest BCUT2D eigenvalue weighted by molar-refractivity contribution is 6.67. The average molecular weight is 389 g/mol. The molecule has 2 rings (SSSR count). The number of halogens is 4. The van der Waals surface area contributed by atoms with Crippen LogP contribution in [-0.2, 0) is 0 Å². The molecule has 1 N–H and O–H groups in total. The Morgan fingerprint density at radius 1 is 1.14 bits per heavy atom. The monoisotopic (exact) mass is 387 g/mol. The lowest BCUT2D eigenvalue weighted by Gasteiger charge is -2.16. The van der Waals surface area contributed by atoms with Gasteiger partial charge >= 0.3 is 6.09 Å². The first kappa shape index (κ1) is 19.0. The SMILES string of the molecule is CNC(=O)Oc1cccc2c1OC(C)(C)O2.ClC(Cl)=C(Cl)Cl. The molecule has 9 heteroatoms. The molecule has 122 valence electrons. The van der Waals surface area contributed by atoms with Crippen LogP contribution in [0.15, 0.2) is 27.2 Å². The van der Waals surface area contributed by atoms with Crippen LogP contribution in [0, 0.1) is 0 Å². The van der Waals surface area contributed by atoms with Gasteiger partial charge in [0.15, 0.2) is 11.5 Å². The number of rotatable bonds is 1. The maximum atomic E-state index is 11.1. The van der Waals surface area contributed by atoms with Crippen molar-refractivity contribution >= 4 is 52.5 Å². The molecule has 0 spiro atoms. The predicted octanol–water partition coefficient (Wildman–Crippen LogP) is 4.98. The van der Waals surface area contributed by atoms with Gasteiger partial charge < -0.3 is 19.5 Å². The molecular weight excluding hydrogens is 376 g/mol. The second-order valence-corrected chi connectivity index (χ2v) is 6.25. The molecule has 0 fully saturated rings. The van der Waals surface area contributed by atoms with Crippen LogP contribution in [0.1, 0.15) is 13.8 Å². The Morgan fingerprint density at radius 3 is 2.23 bits per heavy atom. The van der Waals surface area contributed by atoms with Gasteiger partial charge in [-0.1, -0.05) is 52.5 Å². The Bertz CT molecular complexity index is 571. The number of hydrogen-bond donors (Lipinski definition) is 1. The molecule has 1 heterocycles. The Morgan fingerprint density at radius 2 is 1.73 bits per heavy atom. The predicted molar refractivity (Wildman–Crippen MR) is 87.3 cm³/mol. The molecule has 0 radical (unpaired) electrons. The van der Waals surface area contributed by atoms with Gasteiger partial charge in [0.05, 0.1) is 0 Å². The van der Waals surface area contributed by atoms with E-state index in [4.69, 9.17) is 60.6 Å². The zero-order valence-corrected chi connectivity index (χ0v) is 14.9. The van der Waals surface area contributed by atoms with Crippen LogP contribution in [0.2, 0.25) is 0 Å². The first-order valence-corrected chi connectivity index (χ1v) is 7.44. The molecule has 5 nitrogen and oxygen atoms in total. The molecule has 0 atom stereocenters. The highest BCUT2D eigenvalue weighted by atomic mass is 35.5. The molecule has 1 amide bonds. The zero-order chi connectivity index (χ0) is 16.9. The molecular formula is C13H13Cl4NO4. The minimum absolute atomic E-state index is 0.0988. The third-order valence-corrected chi connectivity index (χ3v) is 3.34. The molecule has 1 aromatic rings. The number of fused-ring (bicyclic) bond motifs is 1. The van der Waals surface area contributed by atoms with Crippen LogP contribution >= 0.6 is 46.4 Å². The summed E-state index contributed by atoms with van der Waals surface area (Å²) < 4.78 is 15.9. The highest BCUT2D eigenvalue weighted by Gasteiger charge is 2.34. The number of amides is 1. The van der Waals surface area contributed by atoms with Crippen LogP contribution < -0.4 is 19.5 Å². The van der Waals surface area contributed by atoms with Gasteiger partial charge in [0, 0.05) is 20.9 Å². The van der Waals surface area contributed by atoms with Crippen molar-refractivity contribution in [2.45, 2.75) is 19.6 Å². The molecule has 0 aromatic heterocycles. The maximum Gasteiger partial charge on any atom is 0.412 e. The Hall–Kier alpha value is -1.01. The smallest absolute Gasteiger partial charge is 0.412 e. The van der Waals surface area contributed by atoms with E-state index in [1.165, 1.54) is 7.05 Å². The standard InChI is InChI=1S/C11H13NO4.C2Cl4/c1-11(2)15-8-6-4-5-7(9(8)16-11)14-10(13)12-3;3-1(4)2(5)6/h4-6H,1-3H3,(H,12,13);. The second kappa shape index (κ2) is 8.02. The summed E-state index contributed by atoms with van der Waals surface area (Å²) in [5.41, 5.74) is 0. The number of hydrogen-bond acceptors (Lipinski definition) is 4. The van der Waals surface area contributed by atoms with E-state index in [1.807, 2.05) is 0 Å². The van der Waals surface area contributed by atoms with E-state index >= 15 is 0 Å². The minimum Gasteiger partial charge on any atom is -0.449 e. The van der Waals surface area contributed by atoms with Gasteiger partial charge in [-0.05, 0) is 12.1 Å². The second-order valence-electron chi connectivity index (χ2n) is 4.35. The highest BCUT2D eigenvalue weighted by Crippen LogP contribution is 2.45. The van der Waals surface area contributed by atoms with Crippen LogP contribution in [0.5, 0.6) is 17.2 Å². The van der Waals surface area contributed by atoms with Crippen LogP contribution in [-0.4, -0.2) is 18.9 Å². The summed E-state index contributed by atoms with van der Waals surface area (Å²) in [6, 6.07) is 5.15. The zero-order valence-electron chi connectivity index (χ0n) is 11.9. The van der Waals surface area contributed by atoms with E-state index in [0.717, 1.165) is 0 Å². The van der Waals surface area contributed by atoms with Crippen molar-refractivity contribution in [3.63, 3.8) is 0 Å². The summed E-state index contributed by atoms with van der Waals surface area (Å²) >= 11 is 20.0. The number of benzene rings is 1. The molecule has 0 bridgehead atoms. The van der Waals surface area contributed by atoms with Gasteiger partial charge in [-0.15, -0.1) is 0 Å². The lowest BCUT2D eigenvalue weighted by Crippen LogP contribution is -2.30. The lowest BCUT2D eigenvalue weighted by atomic mass is 10.3. The van der Waals surface area contributed by atoms with E-state index in [0.29, 0.717) is 17.2 Å². The molecule has 0 aliphatic carbocycles. The number of para-hydroxylation sites is 1. The average Bonchev–Trinajstić information content (AvgIpc) is 2.74. The Balaban J connectivity index is 0.000000346. The van der Waals surface area contributed by atoms with E-state index < -0.39 is 11.9 Å². The van der Waals surface area contributed by atoms with Gasteiger partial charge in [-0.3, -0.25) is 0 Å². The summed E-state index contributed by atoms with van der Waals surface area (Å²) in [5.74, 6) is 0.648. The normalized spacial score (nSPS) is 13.6. The molecule has 22 heavy (non-hydrogen) atoms. The first-order chi connectivity index (χ1) is 10.2. The lowest BCUT2D eigenvalue weighted by molar-refractivity contribution is -0.0438. The van der Waals surface area contributed by atoms with Gasteiger partial charge in [-0.25, -0.2) is 4.79 Å². The molecule has 1 aliphatic heterocycles. The van der Waals surface area contributed by atoms with E-state index in [9.17, 15) is 4.79 Å². The fourth-order valence-corrected chi connectivity index (χ4v) is 1.44. The number of carbonyl (C=O) groups excluding carboxylic acids is 1. The van der Waals surface area contributed by atoms with Crippen LogP contribution in [0.3, 0.4) is 0 Å². The first-order valence-electron chi connectivity index (χ1n) is 5.93. The summed E-state index contributed by atoms with van der Waals surface area (Å²) in [7, 11) is 1.49. The number of ether oxygens (including phenoxy) is 3. The van der Waals surface area contributed by atoms with Crippen LogP contribution in [0.25, 0.3) is 0 Å². The van der Waals surface area contributed by atoms with Crippen molar-refractivity contribution in [1.82, 2.24) is 5.32 Å². The fraction of sp³-hybridized carbons (Fsp3) is 0.308. The number of carbonyl (C=O) groups is 1. The van der Waals surface area contributed by atoms with Crippen molar-refractivity contribution in [1.29, 1.82) is 0 Å². The Kier molecular flexibility index (Phi) is 6.94. The Labute approximate surface area is 148 Å². The van der Waals surface area contributed by atoms with Crippen molar-refractivity contribution in [3.8, 4) is 17.2 Å². The quantitative estimate of drug-likeness (QED) is 0.736. The summed E-state index contributed by atoms with van der Waals surface area (Å²) in [6.07, 6.45) is -0.540. The number of nitrogens with one attached hydrogen (secondary N) is 1. The molecule has 0 saturated carbocycles. The largest absolute Gasteiger partial charge is 0.449 e. The molecule has 0 saturated heterocycles. The van der Waals surface area contributed by atoms with E-state index in [1.54, 1.807) is 32.0 Å². The van der Waals surface area contributed by atoms with Crippen molar-refractivity contribution < 1.29 is 19.0 Å². The molecule has 1 aliphatic rings. The van der Waals surface area contributed by atoms with E-state index in [2.05, 4.69) is 5.32 Å². The molecule has 1 aromatic carbocycles. The minimum atomic E-state index is -0.732. The maximum absolute atomic E-state index is 11.1. The molecule has 0 unspecified atom stereocenters. The van der Waals surface area contributed by atoms with Gasteiger partial charge in [0.1, 0.15) is 8.98 Å². The van der Waals surface area contributed by atoms with Gasteiger partial charge in [-0.2, -0.15) is 0 Å². The van der Waals surface area contributed by atoms with Crippen molar-refractivity contribution in [3.05, 3.63) is 27.2 Å². The third-order valence-electron chi connectivity index (χ3n) is 2.20. The third kappa shape index (κ3) is 5.65. The van der Waals surface area contributed by atoms with Gasteiger partial charge in [0.25, 0.3) is 0 Å². The van der Waals surface area contributed by atoms with E-state index in [-0.39, 0.29) is 8.98 Å².